The lowest BCUT2D eigenvalue weighted by Crippen LogP contribution is -2.33. The first kappa shape index (κ1) is 19.1. The maximum absolute atomic E-state index is 13.0. The summed E-state index contributed by atoms with van der Waals surface area (Å²) < 4.78 is 10.4. The van der Waals surface area contributed by atoms with Gasteiger partial charge in [-0.05, 0) is 24.3 Å². The first-order chi connectivity index (χ1) is 14.4. The lowest BCUT2D eigenvalue weighted by atomic mass is 10.0. The van der Waals surface area contributed by atoms with Gasteiger partial charge in [-0.25, -0.2) is 4.79 Å². The number of ketones is 1. The van der Waals surface area contributed by atoms with Crippen LogP contribution in [-0.4, -0.2) is 46.4 Å². The molecule has 4 rings (SSSR count). The number of esters is 1. The van der Waals surface area contributed by atoms with E-state index in [2.05, 4.69) is 4.99 Å². The Hall–Kier alpha value is -4.27. The molecule has 9 nitrogen and oxygen atoms in total. The molecule has 0 radical (unpaired) electrons. The molecule has 0 bridgehead atoms. The summed E-state index contributed by atoms with van der Waals surface area (Å²) in [6.45, 7) is 1.22. The largest absolute Gasteiger partial charge is 0.465 e. The highest BCUT2D eigenvalue weighted by Gasteiger charge is 2.39. The molecule has 1 saturated heterocycles. The number of carbonyl (C=O) groups excluding carboxylic acids is 4. The SMILES string of the molecule is CC(=O)N=C1N(/C=C2\C(=O)Oc3ccccc3C2=O)C(=O)/C(=C\c2ccco2)N1C. The Bertz CT molecular complexity index is 1170. The third kappa shape index (κ3) is 3.22. The fourth-order valence-corrected chi connectivity index (χ4v) is 3.06. The van der Waals surface area contributed by atoms with Crippen molar-refractivity contribution in [2.45, 2.75) is 6.92 Å². The molecule has 0 spiro atoms. The zero-order chi connectivity index (χ0) is 21.4. The van der Waals surface area contributed by atoms with E-state index in [0.29, 0.717) is 5.76 Å². The maximum Gasteiger partial charge on any atom is 0.349 e. The second-order valence-electron chi connectivity index (χ2n) is 6.47. The van der Waals surface area contributed by atoms with Crippen molar-refractivity contribution in [3.05, 3.63) is 71.5 Å². The molecule has 0 N–H and O–H groups in total. The van der Waals surface area contributed by atoms with Crippen LogP contribution in [0, 0.1) is 0 Å². The van der Waals surface area contributed by atoms with E-state index in [9.17, 15) is 19.2 Å². The smallest absolute Gasteiger partial charge is 0.349 e. The zero-order valence-electron chi connectivity index (χ0n) is 16.0. The number of carbonyl (C=O) groups is 4. The average Bonchev–Trinajstić information content (AvgIpc) is 3.29. The van der Waals surface area contributed by atoms with Gasteiger partial charge >= 0.3 is 5.97 Å². The summed E-state index contributed by atoms with van der Waals surface area (Å²) in [5.41, 5.74) is -0.0236. The number of benzene rings is 1. The van der Waals surface area contributed by atoms with Crippen LogP contribution in [0.2, 0.25) is 0 Å². The number of para-hydroxylation sites is 1. The lowest BCUT2D eigenvalue weighted by Gasteiger charge is -2.19. The molecule has 30 heavy (non-hydrogen) atoms. The van der Waals surface area contributed by atoms with Gasteiger partial charge < -0.3 is 14.1 Å². The quantitative estimate of drug-likeness (QED) is 0.325. The van der Waals surface area contributed by atoms with Crippen LogP contribution in [0.1, 0.15) is 23.0 Å². The predicted octanol–water partition coefficient (Wildman–Crippen LogP) is 1.98. The molecule has 0 saturated carbocycles. The molecule has 1 fully saturated rings. The monoisotopic (exact) mass is 405 g/mol. The van der Waals surface area contributed by atoms with E-state index in [1.807, 2.05) is 0 Å². The minimum Gasteiger partial charge on any atom is -0.465 e. The number of Topliss-reactive ketones (excluding diaryl/α,β-unsaturated/α-hetero) is 1. The van der Waals surface area contributed by atoms with E-state index in [-0.39, 0.29) is 28.5 Å². The number of nitrogens with zero attached hydrogens (tertiary/aromatic N) is 3. The van der Waals surface area contributed by atoms with Crippen LogP contribution in [0.15, 0.2) is 69.5 Å². The van der Waals surface area contributed by atoms with Gasteiger partial charge in [0.1, 0.15) is 22.8 Å². The molecule has 3 heterocycles. The Morgan fingerprint density at radius 3 is 2.57 bits per heavy atom. The van der Waals surface area contributed by atoms with Crippen molar-refractivity contribution in [1.29, 1.82) is 0 Å². The number of aliphatic imine (C=N–C) groups is 1. The first-order valence-corrected chi connectivity index (χ1v) is 8.86. The number of fused-ring (bicyclic) bond motifs is 1. The normalized spacial score (nSPS) is 20.3. The van der Waals surface area contributed by atoms with Crippen LogP contribution in [0.4, 0.5) is 0 Å². The number of rotatable bonds is 2. The van der Waals surface area contributed by atoms with Gasteiger partial charge in [0, 0.05) is 26.2 Å². The minimum absolute atomic E-state index is 0.0581. The van der Waals surface area contributed by atoms with E-state index in [4.69, 9.17) is 9.15 Å². The van der Waals surface area contributed by atoms with Crippen molar-refractivity contribution >= 4 is 35.6 Å². The van der Waals surface area contributed by atoms with Crippen molar-refractivity contribution in [3.8, 4) is 5.75 Å². The van der Waals surface area contributed by atoms with Crippen molar-refractivity contribution in [2.24, 2.45) is 4.99 Å². The number of ether oxygens (including phenoxy) is 1. The van der Waals surface area contributed by atoms with E-state index < -0.39 is 23.6 Å². The number of hydrogen-bond acceptors (Lipinski definition) is 6. The van der Waals surface area contributed by atoms with Crippen LogP contribution in [0.3, 0.4) is 0 Å². The van der Waals surface area contributed by atoms with Crippen LogP contribution in [0.5, 0.6) is 5.75 Å². The minimum atomic E-state index is -0.903. The predicted molar refractivity (Wildman–Crippen MR) is 104 cm³/mol. The summed E-state index contributed by atoms with van der Waals surface area (Å²) in [4.78, 5) is 56.1. The third-order valence-corrected chi connectivity index (χ3v) is 4.45. The number of guanidine groups is 1. The van der Waals surface area contributed by atoms with E-state index in [1.54, 1.807) is 24.3 Å². The van der Waals surface area contributed by atoms with E-state index in [1.165, 1.54) is 43.3 Å². The Kier molecular flexibility index (Phi) is 4.63. The topological polar surface area (TPSA) is 109 Å². The van der Waals surface area contributed by atoms with Crippen molar-refractivity contribution in [2.75, 3.05) is 7.05 Å². The molecule has 1 aromatic heterocycles. The molecule has 1 aromatic carbocycles. The van der Waals surface area contributed by atoms with Gasteiger partial charge in [-0.15, -0.1) is 0 Å². The van der Waals surface area contributed by atoms with Crippen LogP contribution >= 0.6 is 0 Å². The number of furan rings is 1. The summed E-state index contributed by atoms with van der Waals surface area (Å²) in [6.07, 6.45) is 3.96. The standard InChI is InChI=1S/C21H15N3O6/c1-12(25)22-21-23(2)16(10-13-6-5-9-29-13)19(27)24(21)11-15-18(26)14-7-3-4-8-17(14)30-20(15)28/h3-11H,1-2H3/b15-11-,16-10+,22-21?. The molecule has 0 aliphatic carbocycles. The van der Waals surface area contributed by atoms with Gasteiger partial charge in [0.05, 0.1) is 11.8 Å². The van der Waals surface area contributed by atoms with Crippen molar-refractivity contribution in [3.63, 3.8) is 0 Å². The van der Waals surface area contributed by atoms with Crippen LogP contribution in [0.25, 0.3) is 6.08 Å². The number of likely N-dealkylation sites (N-methyl/N-ethyl adjacent to an activating group) is 1. The summed E-state index contributed by atoms with van der Waals surface area (Å²) >= 11 is 0. The molecule has 2 aliphatic heterocycles. The molecular weight excluding hydrogens is 390 g/mol. The highest BCUT2D eigenvalue weighted by atomic mass is 16.5. The summed E-state index contributed by atoms with van der Waals surface area (Å²) in [5, 5.41) is 0. The van der Waals surface area contributed by atoms with Crippen molar-refractivity contribution in [1.82, 2.24) is 9.80 Å². The Labute approximate surface area is 170 Å². The van der Waals surface area contributed by atoms with Gasteiger partial charge in [-0.1, -0.05) is 12.1 Å². The van der Waals surface area contributed by atoms with E-state index >= 15 is 0 Å². The van der Waals surface area contributed by atoms with Crippen molar-refractivity contribution < 1.29 is 28.3 Å². The third-order valence-electron chi connectivity index (χ3n) is 4.45. The zero-order valence-corrected chi connectivity index (χ0v) is 16.0. The van der Waals surface area contributed by atoms with Crippen LogP contribution in [-0.2, 0) is 14.4 Å². The highest BCUT2D eigenvalue weighted by Crippen LogP contribution is 2.29. The lowest BCUT2D eigenvalue weighted by molar-refractivity contribution is -0.130. The molecule has 0 unspecified atom stereocenters. The van der Waals surface area contributed by atoms with E-state index in [0.717, 1.165) is 11.1 Å². The highest BCUT2D eigenvalue weighted by molar-refractivity contribution is 6.28. The average molecular weight is 405 g/mol. The van der Waals surface area contributed by atoms with Gasteiger partial charge in [-0.3, -0.25) is 19.3 Å². The van der Waals surface area contributed by atoms with Gasteiger partial charge in [0.2, 0.25) is 17.6 Å². The second-order valence-corrected chi connectivity index (χ2v) is 6.47. The molecule has 2 aliphatic rings. The summed E-state index contributed by atoms with van der Waals surface area (Å²) in [5.74, 6) is -2.16. The van der Waals surface area contributed by atoms with Gasteiger partial charge in [0.25, 0.3) is 5.91 Å². The van der Waals surface area contributed by atoms with Gasteiger partial charge in [0.15, 0.2) is 0 Å². The number of amides is 2. The summed E-state index contributed by atoms with van der Waals surface area (Å²) in [7, 11) is 1.53. The second kappa shape index (κ2) is 7.28. The first-order valence-electron chi connectivity index (χ1n) is 8.86. The Morgan fingerprint density at radius 2 is 1.87 bits per heavy atom. The van der Waals surface area contributed by atoms with Crippen LogP contribution < -0.4 is 4.74 Å². The fourth-order valence-electron chi connectivity index (χ4n) is 3.06. The molecule has 2 amide bonds. The molecule has 0 atom stereocenters. The Balaban J connectivity index is 1.80. The summed E-state index contributed by atoms with van der Waals surface area (Å²) in [6, 6.07) is 9.60. The molecule has 150 valence electrons. The maximum atomic E-state index is 13.0. The molecule has 9 heteroatoms. The molecule has 2 aromatic rings. The van der Waals surface area contributed by atoms with Gasteiger partial charge in [-0.2, -0.15) is 4.99 Å². The molecular formula is C21H15N3O6. The Morgan fingerprint density at radius 1 is 1.10 bits per heavy atom. The number of hydrogen-bond donors (Lipinski definition) is 0. The fraction of sp³-hybridized carbons (Fsp3) is 0.0952.